The number of imidazole rings is 1. The lowest BCUT2D eigenvalue weighted by Gasteiger charge is -1.99. The van der Waals surface area contributed by atoms with Gasteiger partial charge in [-0.2, -0.15) is 0 Å². The molecule has 4 rings (SSSR count). The van der Waals surface area contributed by atoms with Gasteiger partial charge in [0.15, 0.2) is 10.8 Å². The van der Waals surface area contributed by atoms with Crippen LogP contribution >= 0.6 is 11.3 Å². The highest BCUT2D eigenvalue weighted by atomic mass is 32.1. The first-order chi connectivity index (χ1) is 10.3. The lowest BCUT2D eigenvalue weighted by Crippen LogP contribution is -2.13. The van der Waals surface area contributed by atoms with Crippen molar-refractivity contribution >= 4 is 38.2 Å². The van der Waals surface area contributed by atoms with Crippen LogP contribution in [0.2, 0.25) is 0 Å². The predicted molar refractivity (Wildman–Crippen MR) is 80.6 cm³/mol. The number of para-hydroxylation sites is 1. The van der Waals surface area contributed by atoms with Gasteiger partial charge in [0, 0.05) is 18.6 Å². The van der Waals surface area contributed by atoms with Crippen LogP contribution in [-0.2, 0) is 0 Å². The number of thiazole rings is 1. The molecule has 102 valence electrons. The van der Waals surface area contributed by atoms with Crippen molar-refractivity contribution in [2.24, 2.45) is 0 Å². The second-order valence-corrected chi connectivity index (χ2v) is 5.40. The molecule has 3 aromatic heterocycles. The van der Waals surface area contributed by atoms with Gasteiger partial charge in [-0.15, -0.1) is 0 Å². The third kappa shape index (κ3) is 2.03. The molecule has 1 amide bonds. The van der Waals surface area contributed by atoms with E-state index in [0.717, 1.165) is 15.2 Å². The van der Waals surface area contributed by atoms with Crippen LogP contribution in [0.1, 0.15) is 10.5 Å². The zero-order chi connectivity index (χ0) is 14.2. The summed E-state index contributed by atoms with van der Waals surface area (Å²) in [6.45, 7) is 0. The Balaban J connectivity index is 1.72. The van der Waals surface area contributed by atoms with E-state index in [0.29, 0.717) is 11.5 Å². The summed E-state index contributed by atoms with van der Waals surface area (Å²) in [5, 5.41) is 2.67. The Labute approximate surface area is 123 Å². The van der Waals surface area contributed by atoms with E-state index in [9.17, 15) is 4.79 Å². The van der Waals surface area contributed by atoms with Gasteiger partial charge in [0.05, 0.1) is 16.4 Å². The molecule has 0 fully saturated rings. The SMILES string of the molecule is O=C(Nc1cnccn1)c1cn2c(n1)sc1ccccc12. The summed E-state index contributed by atoms with van der Waals surface area (Å²) < 4.78 is 3.06. The molecule has 7 heteroatoms. The number of nitrogens with zero attached hydrogens (tertiary/aromatic N) is 4. The van der Waals surface area contributed by atoms with Gasteiger partial charge in [0.2, 0.25) is 0 Å². The van der Waals surface area contributed by atoms with Gasteiger partial charge in [-0.25, -0.2) is 9.97 Å². The monoisotopic (exact) mass is 295 g/mol. The predicted octanol–water partition coefficient (Wildman–Crippen LogP) is 2.59. The first-order valence-electron chi connectivity index (χ1n) is 6.25. The number of carbonyl (C=O) groups excluding carboxylic acids is 1. The van der Waals surface area contributed by atoms with E-state index in [1.807, 2.05) is 28.7 Å². The van der Waals surface area contributed by atoms with Crippen LogP contribution in [-0.4, -0.2) is 25.3 Å². The number of rotatable bonds is 2. The maximum absolute atomic E-state index is 12.2. The highest BCUT2D eigenvalue weighted by molar-refractivity contribution is 7.23. The molecule has 0 aliphatic heterocycles. The van der Waals surface area contributed by atoms with Crippen molar-refractivity contribution < 1.29 is 4.79 Å². The number of anilines is 1. The van der Waals surface area contributed by atoms with E-state index in [2.05, 4.69) is 20.3 Å². The average molecular weight is 295 g/mol. The minimum Gasteiger partial charge on any atom is -0.304 e. The van der Waals surface area contributed by atoms with Crippen LogP contribution in [0.15, 0.2) is 49.1 Å². The molecular weight excluding hydrogens is 286 g/mol. The quantitative estimate of drug-likeness (QED) is 0.617. The van der Waals surface area contributed by atoms with E-state index in [4.69, 9.17) is 0 Å². The van der Waals surface area contributed by atoms with E-state index in [1.54, 1.807) is 23.7 Å². The Morgan fingerprint density at radius 3 is 3.00 bits per heavy atom. The van der Waals surface area contributed by atoms with Crippen molar-refractivity contribution in [2.75, 3.05) is 5.32 Å². The van der Waals surface area contributed by atoms with Crippen LogP contribution < -0.4 is 5.32 Å². The van der Waals surface area contributed by atoms with E-state index >= 15 is 0 Å². The highest BCUT2D eigenvalue weighted by Crippen LogP contribution is 2.26. The number of benzene rings is 1. The van der Waals surface area contributed by atoms with Crippen molar-refractivity contribution in [1.82, 2.24) is 19.4 Å². The van der Waals surface area contributed by atoms with Crippen LogP contribution in [0.25, 0.3) is 15.2 Å². The molecule has 0 aliphatic rings. The van der Waals surface area contributed by atoms with Gasteiger partial charge in [-0.05, 0) is 12.1 Å². The van der Waals surface area contributed by atoms with Crippen LogP contribution in [0.4, 0.5) is 5.82 Å². The second kappa shape index (κ2) is 4.64. The molecule has 0 radical (unpaired) electrons. The Kier molecular flexibility index (Phi) is 2.65. The molecule has 1 N–H and O–H groups in total. The van der Waals surface area contributed by atoms with E-state index < -0.39 is 0 Å². The zero-order valence-electron chi connectivity index (χ0n) is 10.7. The average Bonchev–Trinajstić information content (AvgIpc) is 3.06. The van der Waals surface area contributed by atoms with Crippen molar-refractivity contribution in [1.29, 1.82) is 0 Å². The third-order valence-electron chi connectivity index (χ3n) is 3.04. The normalized spacial score (nSPS) is 11.0. The molecule has 0 aliphatic carbocycles. The number of amides is 1. The molecule has 0 atom stereocenters. The number of carbonyl (C=O) groups is 1. The largest absolute Gasteiger partial charge is 0.304 e. The molecule has 4 aromatic rings. The first-order valence-corrected chi connectivity index (χ1v) is 7.07. The van der Waals surface area contributed by atoms with E-state index in [1.165, 1.54) is 12.4 Å². The van der Waals surface area contributed by atoms with Crippen molar-refractivity contribution in [3.8, 4) is 0 Å². The fourth-order valence-corrected chi connectivity index (χ4v) is 3.11. The Morgan fingerprint density at radius 2 is 2.14 bits per heavy atom. The minimum absolute atomic E-state index is 0.296. The molecule has 0 bridgehead atoms. The maximum Gasteiger partial charge on any atom is 0.277 e. The summed E-state index contributed by atoms with van der Waals surface area (Å²) in [4.78, 5) is 25.2. The number of hydrogen-bond donors (Lipinski definition) is 1. The molecule has 0 spiro atoms. The van der Waals surface area contributed by atoms with Gasteiger partial charge in [-0.3, -0.25) is 14.2 Å². The van der Waals surface area contributed by atoms with Crippen LogP contribution in [0.5, 0.6) is 0 Å². The van der Waals surface area contributed by atoms with Gasteiger partial charge in [-0.1, -0.05) is 23.5 Å². The summed E-state index contributed by atoms with van der Waals surface area (Å²) >= 11 is 1.55. The van der Waals surface area contributed by atoms with Gasteiger partial charge < -0.3 is 5.32 Å². The number of aromatic nitrogens is 4. The standard InChI is InChI=1S/C14H9N5OS/c20-13(18-12-7-15-5-6-16-12)9-8-19-10-3-1-2-4-11(10)21-14(19)17-9/h1-8H,(H,16,18,20). The fourth-order valence-electron chi connectivity index (χ4n) is 2.10. The fraction of sp³-hybridized carbons (Fsp3) is 0. The molecule has 0 saturated heterocycles. The minimum atomic E-state index is -0.296. The summed E-state index contributed by atoms with van der Waals surface area (Å²) in [7, 11) is 0. The lowest BCUT2D eigenvalue weighted by atomic mass is 10.3. The number of hydrogen-bond acceptors (Lipinski definition) is 5. The van der Waals surface area contributed by atoms with Crippen molar-refractivity contribution in [2.45, 2.75) is 0 Å². The Bertz CT molecular complexity index is 944. The van der Waals surface area contributed by atoms with Gasteiger partial charge in [0.1, 0.15) is 5.69 Å². The summed E-state index contributed by atoms with van der Waals surface area (Å²) in [5.74, 6) is 0.110. The third-order valence-corrected chi connectivity index (χ3v) is 4.07. The Hall–Kier alpha value is -2.80. The van der Waals surface area contributed by atoms with Crippen molar-refractivity contribution in [3.63, 3.8) is 0 Å². The molecule has 3 heterocycles. The number of fused-ring (bicyclic) bond motifs is 3. The molecule has 21 heavy (non-hydrogen) atoms. The summed E-state index contributed by atoms with van der Waals surface area (Å²) in [5.41, 5.74) is 1.40. The highest BCUT2D eigenvalue weighted by Gasteiger charge is 2.14. The summed E-state index contributed by atoms with van der Waals surface area (Å²) in [6, 6.07) is 7.99. The number of nitrogens with one attached hydrogen (secondary N) is 1. The van der Waals surface area contributed by atoms with Gasteiger partial charge in [0.25, 0.3) is 5.91 Å². The molecule has 0 unspecified atom stereocenters. The topological polar surface area (TPSA) is 72.2 Å². The lowest BCUT2D eigenvalue weighted by molar-refractivity contribution is 0.102. The van der Waals surface area contributed by atoms with Gasteiger partial charge >= 0.3 is 0 Å². The van der Waals surface area contributed by atoms with Crippen LogP contribution in [0.3, 0.4) is 0 Å². The molecule has 1 aromatic carbocycles. The second-order valence-electron chi connectivity index (χ2n) is 4.39. The van der Waals surface area contributed by atoms with Crippen LogP contribution in [0, 0.1) is 0 Å². The van der Waals surface area contributed by atoms with Crippen molar-refractivity contribution in [3.05, 3.63) is 54.7 Å². The zero-order valence-corrected chi connectivity index (χ0v) is 11.5. The molecule has 0 saturated carbocycles. The molecule has 6 nitrogen and oxygen atoms in total. The van der Waals surface area contributed by atoms with E-state index in [-0.39, 0.29) is 5.91 Å². The molecular formula is C14H9N5OS. The summed E-state index contributed by atoms with van der Waals surface area (Å²) in [6.07, 6.45) is 6.30. The smallest absolute Gasteiger partial charge is 0.277 e. The Morgan fingerprint density at radius 1 is 1.24 bits per heavy atom. The first kappa shape index (κ1) is 12.0. The maximum atomic E-state index is 12.2.